The summed E-state index contributed by atoms with van der Waals surface area (Å²) in [6, 6.07) is 9.76. The number of hydrogen-bond acceptors (Lipinski definition) is 2. The van der Waals surface area contributed by atoms with Crippen molar-refractivity contribution in [2.24, 2.45) is 17.3 Å². The van der Waals surface area contributed by atoms with Crippen LogP contribution in [0.5, 0.6) is 0 Å². The third-order valence-electron chi connectivity index (χ3n) is 2.66. The van der Waals surface area contributed by atoms with Gasteiger partial charge in [-0.25, -0.2) is 0 Å². The normalized spacial score (nSPS) is 11.2. The van der Waals surface area contributed by atoms with Crippen LogP contribution in [0.4, 0.5) is 11.5 Å². The molecule has 0 N–H and O–H groups in total. The van der Waals surface area contributed by atoms with Crippen LogP contribution in [0.1, 0.15) is 11.1 Å². The SMILES string of the molecule is Cc1cn(C)c(N=Nc2ccccc2)c1C. The Morgan fingerprint density at radius 3 is 2.25 bits per heavy atom. The van der Waals surface area contributed by atoms with Crippen molar-refractivity contribution in [1.82, 2.24) is 4.57 Å². The molecule has 0 saturated carbocycles. The highest BCUT2D eigenvalue weighted by atomic mass is 15.2. The van der Waals surface area contributed by atoms with Crippen molar-refractivity contribution in [3.8, 4) is 0 Å². The summed E-state index contributed by atoms with van der Waals surface area (Å²) in [5, 5.41) is 8.50. The van der Waals surface area contributed by atoms with Gasteiger partial charge in [-0.15, -0.1) is 10.2 Å². The Labute approximate surface area is 95.4 Å². The largest absolute Gasteiger partial charge is 0.334 e. The standard InChI is InChI=1S/C13H15N3/c1-10-9-16(3)13(11(10)2)15-14-12-7-5-4-6-8-12/h4-9H,1-3H3. The fourth-order valence-corrected chi connectivity index (χ4v) is 1.63. The zero-order chi connectivity index (χ0) is 11.5. The minimum Gasteiger partial charge on any atom is -0.334 e. The zero-order valence-corrected chi connectivity index (χ0v) is 9.81. The lowest BCUT2D eigenvalue weighted by molar-refractivity contribution is 0.904. The van der Waals surface area contributed by atoms with Crippen LogP contribution in [0.2, 0.25) is 0 Å². The average Bonchev–Trinajstić information content (AvgIpc) is 2.53. The van der Waals surface area contributed by atoms with Crippen LogP contribution in [-0.4, -0.2) is 4.57 Å². The highest BCUT2D eigenvalue weighted by Crippen LogP contribution is 2.25. The van der Waals surface area contributed by atoms with Gasteiger partial charge in [-0.1, -0.05) is 18.2 Å². The van der Waals surface area contributed by atoms with Crippen molar-refractivity contribution in [1.29, 1.82) is 0 Å². The summed E-state index contributed by atoms with van der Waals surface area (Å²) in [7, 11) is 1.99. The fourth-order valence-electron chi connectivity index (χ4n) is 1.63. The van der Waals surface area contributed by atoms with Crippen LogP contribution in [0.15, 0.2) is 46.8 Å². The number of azo groups is 1. The number of nitrogens with zero attached hydrogens (tertiary/aromatic N) is 3. The van der Waals surface area contributed by atoms with Crippen LogP contribution in [0.25, 0.3) is 0 Å². The Hall–Kier alpha value is -1.90. The molecule has 0 aliphatic heterocycles. The van der Waals surface area contributed by atoms with E-state index in [0.29, 0.717) is 0 Å². The molecule has 0 atom stereocenters. The molecular weight excluding hydrogens is 198 g/mol. The first-order valence-electron chi connectivity index (χ1n) is 5.28. The van der Waals surface area contributed by atoms with Gasteiger partial charge in [-0.3, -0.25) is 0 Å². The molecule has 82 valence electrons. The molecule has 1 aromatic carbocycles. The molecule has 1 aromatic heterocycles. The van der Waals surface area contributed by atoms with E-state index < -0.39 is 0 Å². The Bertz CT molecular complexity index is 509. The second-order valence-electron chi connectivity index (χ2n) is 3.91. The van der Waals surface area contributed by atoms with Crippen molar-refractivity contribution in [3.05, 3.63) is 47.7 Å². The molecule has 0 saturated heterocycles. The first-order valence-corrected chi connectivity index (χ1v) is 5.28. The van der Waals surface area contributed by atoms with Crippen molar-refractivity contribution in [2.75, 3.05) is 0 Å². The second kappa shape index (κ2) is 4.31. The van der Waals surface area contributed by atoms with Gasteiger partial charge in [0.05, 0.1) is 5.69 Å². The van der Waals surface area contributed by atoms with E-state index in [1.54, 1.807) is 0 Å². The maximum atomic E-state index is 4.28. The maximum Gasteiger partial charge on any atom is 0.158 e. The molecule has 0 spiro atoms. The van der Waals surface area contributed by atoms with Gasteiger partial charge in [0.2, 0.25) is 0 Å². The van der Waals surface area contributed by atoms with Crippen LogP contribution >= 0.6 is 0 Å². The van der Waals surface area contributed by atoms with Gasteiger partial charge in [0, 0.05) is 13.2 Å². The minimum atomic E-state index is 0.876. The van der Waals surface area contributed by atoms with Gasteiger partial charge in [0.15, 0.2) is 5.82 Å². The number of hydrogen-bond donors (Lipinski definition) is 0. The Balaban J connectivity index is 2.31. The van der Waals surface area contributed by atoms with Crippen LogP contribution in [0, 0.1) is 13.8 Å². The molecule has 0 aliphatic rings. The smallest absolute Gasteiger partial charge is 0.158 e. The van der Waals surface area contributed by atoms with Gasteiger partial charge in [-0.05, 0) is 37.1 Å². The molecule has 2 aromatic rings. The minimum absolute atomic E-state index is 0.876. The molecule has 0 radical (unpaired) electrons. The van der Waals surface area contributed by atoms with E-state index in [4.69, 9.17) is 0 Å². The summed E-state index contributed by atoms with van der Waals surface area (Å²) in [5.41, 5.74) is 3.30. The molecule has 0 aliphatic carbocycles. The van der Waals surface area contributed by atoms with Crippen molar-refractivity contribution >= 4 is 11.5 Å². The van der Waals surface area contributed by atoms with Crippen LogP contribution in [-0.2, 0) is 7.05 Å². The number of benzene rings is 1. The first-order chi connectivity index (χ1) is 7.68. The molecule has 3 nitrogen and oxygen atoms in total. The second-order valence-corrected chi connectivity index (χ2v) is 3.91. The summed E-state index contributed by atoms with van der Waals surface area (Å²) in [4.78, 5) is 0. The van der Waals surface area contributed by atoms with Crippen molar-refractivity contribution in [3.63, 3.8) is 0 Å². The fraction of sp³-hybridized carbons (Fsp3) is 0.231. The van der Waals surface area contributed by atoms with E-state index >= 15 is 0 Å². The number of aryl methyl sites for hydroxylation is 2. The predicted molar refractivity (Wildman–Crippen MR) is 65.5 cm³/mol. The molecule has 16 heavy (non-hydrogen) atoms. The number of aromatic nitrogens is 1. The topological polar surface area (TPSA) is 29.6 Å². The lowest BCUT2D eigenvalue weighted by Gasteiger charge is -1.96. The highest BCUT2D eigenvalue weighted by Gasteiger charge is 2.05. The van der Waals surface area contributed by atoms with Crippen molar-refractivity contribution < 1.29 is 0 Å². The molecular formula is C13H15N3. The maximum absolute atomic E-state index is 4.28. The number of rotatable bonds is 2. The summed E-state index contributed by atoms with van der Waals surface area (Å²) in [5.74, 6) is 0.918. The van der Waals surface area contributed by atoms with E-state index in [2.05, 4.69) is 30.3 Å². The summed E-state index contributed by atoms with van der Waals surface area (Å²) in [6.45, 7) is 4.14. The van der Waals surface area contributed by atoms with E-state index in [0.717, 1.165) is 11.5 Å². The van der Waals surface area contributed by atoms with E-state index in [-0.39, 0.29) is 0 Å². The lowest BCUT2D eigenvalue weighted by atomic mass is 10.2. The molecule has 0 fully saturated rings. The lowest BCUT2D eigenvalue weighted by Crippen LogP contribution is -1.82. The van der Waals surface area contributed by atoms with Gasteiger partial charge in [-0.2, -0.15) is 0 Å². The Kier molecular flexibility index (Phi) is 2.86. The van der Waals surface area contributed by atoms with E-state index in [9.17, 15) is 0 Å². The molecule has 1 heterocycles. The monoisotopic (exact) mass is 213 g/mol. The molecule has 0 bridgehead atoms. The van der Waals surface area contributed by atoms with Gasteiger partial charge in [0.1, 0.15) is 0 Å². The molecule has 2 rings (SSSR count). The Morgan fingerprint density at radius 2 is 1.69 bits per heavy atom. The van der Waals surface area contributed by atoms with E-state index in [1.807, 2.05) is 41.9 Å². The van der Waals surface area contributed by atoms with Gasteiger partial charge in [0.25, 0.3) is 0 Å². The average molecular weight is 213 g/mol. The quantitative estimate of drug-likeness (QED) is 0.673. The highest BCUT2D eigenvalue weighted by molar-refractivity contribution is 5.45. The van der Waals surface area contributed by atoms with Crippen LogP contribution in [0.3, 0.4) is 0 Å². The van der Waals surface area contributed by atoms with Gasteiger partial charge >= 0.3 is 0 Å². The molecule has 3 heteroatoms. The predicted octanol–water partition coefficient (Wildman–Crippen LogP) is 4.06. The summed E-state index contributed by atoms with van der Waals surface area (Å²) < 4.78 is 2.00. The van der Waals surface area contributed by atoms with Gasteiger partial charge < -0.3 is 4.57 Å². The van der Waals surface area contributed by atoms with Crippen molar-refractivity contribution in [2.45, 2.75) is 13.8 Å². The van der Waals surface area contributed by atoms with E-state index in [1.165, 1.54) is 11.1 Å². The molecule has 0 unspecified atom stereocenters. The Morgan fingerprint density at radius 1 is 1.00 bits per heavy atom. The third kappa shape index (κ3) is 2.03. The first kappa shape index (κ1) is 10.6. The third-order valence-corrected chi connectivity index (χ3v) is 2.66. The van der Waals surface area contributed by atoms with Crippen LogP contribution < -0.4 is 0 Å². The summed E-state index contributed by atoms with van der Waals surface area (Å²) >= 11 is 0. The zero-order valence-electron chi connectivity index (χ0n) is 9.81. The summed E-state index contributed by atoms with van der Waals surface area (Å²) in [6.07, 6.45) is 2.06. The molecule has 0 amide bonds.